The maximum Gasteiger partial charge on any atom is 0.0587 e. The van der Waals surface area contributed by atoms with Gasteiger partial charge in [-0.2, -0.15) is 0 Å². The molecule has 0 saturated heterocycles. The Morgan fingerprint density at radius 3 is 2.77 bits per heavy atom. The Bertz CT molecular complexity index is 127. The van der Waals surface area contributed by atoms with Crippen molar-refractivity contribution in [3.05, 3.63) is 0 Å². The predicted octanol–water partition coefficient (Wildman–Crippen LogP) is 2.19. The fraction of sp³-hybridized carbons (Fsp3) is 1.00. The van der Waals surface area contributed by atoms with Gasteiger partial charge in [0.15, 0.2) is 0 Å². The molecule has 2 unspecified atom stereocenters. The molecular weight excluding hydrogens is 162 g/mol. The number of hydrogen-bond donors (Lipinski definition) is 1. The van der Waals surface area contributed by atoms with Gasteiger partial charge in [-0.05, 0) is 18.8 Å². The minimum absolute atomic E-state index is 0.758. The van der Waals surface area contributed by atoms with Crippen molar-refractivity contribution in [1.29, 1.82) is 0 Å². The van der Waals surface area contributed by atoms with Gasteiger partial charge in [0, 0.05) is 19.7 Å². The van der Waals surface area contributed by atoms with Crippen LogP contribution in [0.3, 0.4) is 0 Å². The molecule has 1 aliphatic carbocycles. The fourth-order valence-corrected chi connectivity index (χ4v) is 2.31. The lowest BCUT2D eigenvalue weighted by Gasteiger charge is -2.31. The van der Waals surface area contributed by atoms with E-state index in [4.69, 9.17) is 4.74 Å². The molecule has 0 aromatic heterocycles. The van der Waals surface area contributed by atoms with Gasteiger partial charge in [-0.25, -0.2) is 0 Å². The van der Waals surface area contributed by atoms with Gasteiger partial charge in [-0.15, -0.1) is 0 Å². The molecule has 0 bridgehead atoms. The molecule has 2 atom stereocenters. The van der Waals surface area contributed by atoms with Crippen LogP contribution in [0.1, 0.15) is 39.0 Å². The lowest BCUT2D eigenvalue weighted by molar-refractivity contribution is 0.180. The zero-order chi connectivity index (χ0) is 9.52. The van der Waals surface area contributed by atoms with Crippen molar-refractivity contribution in [2.24, 2.45) is 5.92 Å². The molecule has 1 N–H and O–H groups in total. The number of ether oxygens (including phenoxy) is 1. The summed E-state index contributed by atoms with van der Waals surface area (Å²) in [4.78, 5) is 0. The van der Waals surface area contributed by atoms with Crippen LogP contribution in [0, 0.1) is 5.92 Å². The Balaban J connectivity index is 2.19. The van der Waals surface area contributed by atoms with E-state index in [1.54, 1.807) is 7.11 Å². The van der Waals surface area contributed by atoms with Gasteiger partial charge in [0.25, 0.3) is 0 Å². The highest BCUT2D eigenvalue weighted by Gasteiger charge is 2.22. The van der Waals surface area contributed by atoms with E-state index in [-0.39, 0.29) is 0 Å². The van der Waals surface area contributed by atoms with Crippen LogP contribution in [0.15, 0.2) is 0 Å². The average Bonchev–Trinajstić information content (AvgIpc) is 2.19. The summed E-state index contributed by atoms with van der Waals surface area (Å²) in [5.41, 5.74) is 0. The molecule has 78 valence electrons. The van der Waals surface area contributed by atoms with Gasteiger partial charge in [0.1, 0.15) is 0 Å². The predicted molar refractivity (Wildman–Crippen MR) is 55.9 cm³/mol. The molecule has 0 amide bonds. The summed E-state index contributed by atoms with van der Waals surface area (Å²) >= 11 is 0. The molecule has 2 nitrogen and oxygen atoms in total. The Labute approximate surface area is 82.0 Å². The van der Waals surface area contributed by atoms with E-state index in [1.165, 1.54) is 32.1 Å². The maximum absolute atomic E-state index is 5.04. The SMILES string of the molecule is CCC1CCCCC1NCCOC. The molecule has 1 fully saturated rings. The van der Waals surface area contributed by atoms with Crippen LogP contribution < -0.4 is 5.32 Å². The van der Waals surface area contributed by atoms with Crippen molar-refractivity contribution >= 4 is 0 Å². The van der Waals surface area contributed by atoms with E-state index >= 15 is 0 Å². The maximum atomic E-state index is 5.04. The topological polar surface area (TPSA) is 21.3 Å². The minimum Gasteiger partial charge on any atom is -0.383 e. The van der Waals surface area contributed by atoms with Crippen LogP contribution in [0.4, 0.5) is 0 Å². The van der Waals surface area contributed by atoms with E-state index in [0.29, 0.717) is 0 Å². The molecule has 0 aliphatic heterocycles. The number of nitrogens with one attached hydrogen (secondary N) is 1. The molecule has 1 saturated carbocycles. The van der Waals surface area contributed by atoms with E-state index in [9.17, 15) is 0 Å². The van der Waals surface area contributed by atoms with Gasteiger partial charge in [0.05, 0.1) is 6.61 Å². The van der Waals surface area contributed by atoms with Crippen LogP contribution in [-0.2, 0) is 4.74 Å². The summed E-state index contributed by atoms with van der Waals surface area (Å²) in [5, 5.41) is 3.60. The number of hydrogen-bond acceptors (Lipinski definition) is 2. The molecule has 0 radical (unpaired) electrons. The number of methoxy groups -OCH3 is 1. The first-order valence-electron chi connectivity index (χ1n) is 5.60. The minimum atomic E-state index is 0.758. The van der Waals surface area contributed by atoms with Crippen molar-refractivity contribution in [3.63, 3.8) is 0 Å². The van der Waals surface area contributed by atoms with Crippen LogP contribution in [0.2, 0.25) is 0 Å². The fourth-order valence-electron chi connectivity index (χ4n) is 2.31. The summed E-state index contributed by atoms with van der Waals surface area (Å²) in [7, 11) is 1.76. The third-order valence-corrected chi connectivity index (χ3v) is 3.15. The van der Waals surface area contributed by atoms with Crippen molar-refractivity contribution < 1.29 is 4.74 Å². The molecule has 1 rings (SSSR count). The summed E-state index contributed by atoms with van der Waals surface area (Å²) in [5.74, 6) is 0.908. The molecule has 1 aliphatic rings. The Kier molecular flexibility index (Phi) is 5.40. The van der Waals surface area contributed by atoms with Gasteiger partial charge < -0.3 is 10.1 Å². The zero-order valence-corrected chi connectivity index (χ0v) is 9.01. The highest BCUT2D eigenvalue weighted by atomic mass is 16.5. The smallest absolute Gasteiger partial charge is 0.0587 e. The normalized spacial score (nSPS) is 29.1. The lowest BCUT2D eigenvalue weighted by Crippen LogP contribution is -2.39. The zero-order valence-electron chi connectivity index (χ0n) is 9.01. The molecule has 0 spiro atoms. The first kappa shape index (κ1) is 11.0. The molecule has 13 heavy (non-hydrogen) atoms. The highest BCUT2D eigenvalue weighted by Crippen LogP contribution is 2.26. The molecule has 2 heteroatoms. The summed E-state index contributed by atoms with van der Waals surface area (Å²) in [6, 6.07) is 0.758. The monoisotopic (exact) mass is 185 g/mol. The van der Waals surface area contributed by atoms with E-state index in [2.05, 4.69) is 12.2 Å². The number of rotatable bonds is 5. The lowest BCUT2D eigenvalue weighted by atomic mass is 9.83. The first-order chi connectivity index (χ1) is 6.38. The second-order valence-corrected chi connectivity index (χ2v) is 4.01. The molecule has 0 heterocycles. The standard InChI is InChI=1S/C11H23NO/c1-3-10-6-4-5-7-11(10)12-8-9-13-2/h10-12H,3-9H2,1-2H3. The quantitative estimate of drug-likeness (QED) is 0.663. The van der Waals surface area contributed by atoms with Gasteiger partial charge in [-0.3, -0.25) is 0 Å². The molecule has 0 aromatic rings. The Morgan fingerprint density at radius 2 is 2.08 bits per heavy atom. The van der Waals surface area contributed by atoms with Gasteiger partial charge >= 0.3 is 0 Å². The summed E-state index contributed by atoms with van der Waals surface area (Å²) in [6.07, 6.45) is 6.94. The van der Waals surface area contributed by atoms with E-state index in [0.717, 1.165) is 25.1 Å². The van der Waals surface area contributed by atoms with Crippen LogP contribution >= 0.6 is 0 Å². The second kappa shape index (κ2) is 6.39. The highest BCUT2D eigenvalue weighted by molar-refractivity contribution is 4.79. The van der Waals surface area contributed by atoms with Gasteiger partial charge in [-0.1, -0.05) is 26.2 Å². The molecular formula is C11H23NO. The third-order valence-electron chi connectivity index (χ3n) is 3.15. The summed E-state index contributed by atoms with van der Waals surface area (Å²) < 4.78 is 5.04. The van der Waals surface area contributed by atoms with Crippen LogP contribution in [-0.4, -0.2) is 26.3 Å². The second-order valence-electron chi connectivity index (χ2n) is 4.01. The van der Waals surface area contributed by atoms with Crippen molar-refractivity contribution in [2.45, 2.75) is 45.1 Å². The molecule has 0 aromatic carbocycles. The van der Waals surface area contributed by atoms with Crippen molar-refractivity contribution in [1.82, 2.24) is 5.32 Å². The third kappa shape index (κ3) is 3.65. The van der Waals surface area contributed by atoms with Crippen LogP contribution in [0.5, 0.6) is 0 Å². The van der Waals surface area contributed by atoms with E-state index in [1.807, 2.05) is 0 Å². The van der Waals surface area contributed by atoms with Crippen molar-refractivity contribution in [2.75, 3.05) is 20.3 Å². The van der Waals surface area contributed by atoms with Crippen LogP contribution in [0.25, 0.3) is 0 Å². The summed E-state index contributed by atoms with van der Waals surface area (Å²) in [6.45, 7) is 4.16. The first-order valence-corrected chi connectivity index (χ1v) is 5.60. The van der Waals surface area contributed by atoms with E-state index < -0.39 is 0 Å². The van der Waals surface area contributed by atoms with Crippen molar-refractivity contribution in [3.8, 4) is 0 Å². The Morgan fingerprint density at radius 1 is 1.31 bits per heavy atom. The Hall–Kier alpha value is -0.0800. The van der Waals surface area contributed by atoms with Gasteiger partial charge in [0.2, 0.25) is 0 Å². The average molecular weight is 185 g/mol. The largest absolute Gasteiger partial charge is 0.383 e.